The summed E-state index contributed by atoms with van der Waals surface area (Å²) in [5.41, 5.74) is 16.8. The molecule has 0 fully saturated rings. The first kappa shape index (κ1) is 51.7. The number of unbranched alkanes of at least 4 members (excludes halogenated alkanes) is 1. The monoisotopic (exact) mass is 885 g/mol. The summed E-state index contributed by atoms with van der Waals surface area (Å²) in [5.74, 6) is -0.816. The van der Waals surface area contributed by atoms with Crippen molar-refractivity contribution >= 4 is 35.7 Å². The molecule has 0 saturated carbocycles. The Morgan fingerprint density at radius 1 is 0.869 bits per heavy atom. The molecule has 3 rings (SSSR count). The fraction of sp³-hybridized carbons (Fsp3) is 0.667. The molecule has 0 unspecified atom stereocenters. The van der Waals surface area contributed by atoms with Crippen LogP contribution in [0.3, 0.4) is 0 Å². The largest absolute Gasteiger partial charge is 0.394 e. The van der Waals surface area contributed by atoms with Crippen LogP contribution in [0.15, 0.2) is 17.1 Å². The summed E-state index contributed by atoms with van der Waals surface area (Å²) in [5, 5.41) is 109. The zero-order valence-electron chi connectivity index (χ0n) is 34.4. The number of hydrogen-bond donors (Lipinski definition) is 15. The standard InChI is InChI=1S/C39H64ClN9O12/c1-21-36(40)47-31(37(41)46-21)38(61)48-39(42)44-12-5-4-7-22-10-11-23(25-9-3-2-8-24(22)25)15-30(45-20-52)43-13-6-14-49(16-26(53)32(57)34(59)28(55)18-50)17-27(54)33(58)35(60)29(56)19-51/h10-11,20,26-30,32-35,43,50-51,53-60H,2-9,12-19H2,1H3,(H2,41,46)(H,45,52)(H3,42,44,48,61)/t26-,27-,28+,29+,30+,32+,33+,34+,35+/m0/s1. The van der Waals surface area contributed by atoms with Gasteiger partial charge in [0.1, 0.15) is 36.6 Å². The number of benzene rings is 1. The predicted molar refractivity (Wildman–Crippen MR) is 224 cm³/mol. The van der Waals surface area contributed by atoms with E-state index < -0.39 is 74.1 Å². The lowest BCUT2D eigenvalue weighted by Gasteiger charge is -2.33. The fourth-order valence-electron chi connectivity index (χ4n) is 7.17. The molecular formula is C39H64ClN9O12. The van der Waals surface area contributed by atoms with Gasteiger partial charge in [0.2, 0.25) is 6.41 Å². The maximum atomic E-state index is 12.5. The molecule has 0 radical (unpaired) electrons. The number of fused-ring (bicyclic) bond motifs is 1. The molecule has 344 valence electrons. The van der Waals surface area contributed by atoms with Gasteiger partial charge >= 0.3 is 0 Å². The van der Waals surface area contributed by atoms with Gasteiger partial charge in [0, 0.05) is 26.1 Å². The molecular weight excluding hydrogens is 822 g/mol. The topological polar surface area (TPSA) is 366 Å². The number of halogens is 1. The Hall–Kier alpha value is -3.68. The second-order valence-corrected chi connectivity index (χ2v) is 15.6. The van der Waals surface area contributed by atoms with E-state index in [0.717, 1.165) is 44.1 Å². The Morgan fingerprint density at radius 2 is 1.43 bits per heavy atom. The minimum absolute atomic E-state index is 0.0574. The van der Waals surface area contributed by atoms with Crippen molar-refractivity contribution in [2.24, 2.45) is 10.7 Å². The number of nitrogens with one attached hydrogen (secondary N) is 3. The molecule has 22 heteroatoms. The third-order valence-electron chi connectivity index (χ3n) is 10.6. The highest BCUT2D eigenvalue weighted by atomic mass is 35.5. The Balaban J connectivity index is 1.60. The van der Waals surface area contributed by atoms with E-state index in [2.05, 4.69) is 43.0 Å². The summed E-state index contributed by atoms with van der Waals surface area (Å²) in [4.78, 5) is 37.9. The number of aliphatic hydroxyl groups excluding tert-OH is 10. The van der Waals surface area contributed by atoms with Crippen LogP contribution in [-0.4, -0.2) is 185 Å². The van der Waals surface area contributed by atoms with Crippen molar-refractivity contribution < 1.29 is 60.7 Å². The molecule has 9 atom stereocenters. The number of guanidine groups is 1. The number of aryl methyl sites for hydroxylation is 2. The molecule has 1 aromatic heterocycles. The normalized spacial score (nSPS) is 17.7. The Morgan fingerprint density at radius 3 is 2.00 bits per heavy atom. The summed E-state index contributed by atoms with van der Waals surface area (Å²) < 4.78 is 0. The van der Waals surface area contributed by atoms with Crippen molar-refractivity contribution in [3.63, 3.8) is 0 Å². The minimum atomic E-state index is -1.90. The highest BCUT2D eigenvalue weighted by molar-refractivity contribution is 6.30. The average molecular weight is 886 g/mol. The molecule has 1 heterocycles. The number of nitrogens with two attached hydrogens (primary N) is 2. The maximum absolute atomic E-state index is 12.5. The van der Waals surface area contributed by atoms with Gasteiger partial charge in [0.05, 0.1) is 37.3 Å². The molecule has 61 heavy (non-hydrogen) atoms. The van der Waals surface area contributed by atoms with E-state index >= 15 is 0 Å². The van der Waals surface area contributed by atoms with Crippen LogP contribution in [0.2, 0.25) is 5.15 Å². The van der Waals surface area contributed by atoms with Gasteiger partial charge in [-0.15, -0.1) is 0 Å². The molecule has 17 N–H and O–H groups in total. The molecule has 0 spiro atoms. The van der Waals surface area contributed by atoms with Gasteiger partial charge in [-0.05, 0) is 93.6 Å². The van der Waals surface area contributed by atoms with Crippen molar-refractivity contribution in [1.82, 2.24) is 30.8 Å². The molecule has 0 aliphatic heterocycles. The van der Waals surface area contributed by atoms with E-state index in [-0.39, 0.29) is 42.3 Å². The van der Waals surface area contributed by atoms with Crippen LogP contribution in [0.4, 0.5) is 5.82 Å². The van der Waals surface area contributed by atoms with Crippen molar-refractivity contribution in [2.75, 3.05) is 51.7 Å². The number of carbonyl (C=O) groups is 2. The molecule has 0 saturated heterocycles. The molecule has 21 nitrogen and oxygen atoms in total. The second-order valence-electron chi connectivity index (χ2n) is 15.3. The van der Waals surface area contributed by atoms with Crippen LogP contribution in [0.1, 0.15) is 70.5 Å². The van der Waals surface area contributed by atoms with Crippen molar-refractivity contribution in [3.8, 4) is 0 Å². The number of aliphatic hydroxyl groups is 10. The summed E-state index contributed by atoms with van der Waals surface area (Å²) in [6.07, 6.45) is -7.26. The number of aliphatic imine (C=N–C) groups is 1. The number of aromatic nitrogens is 2. The lowest BCUT2D eigenvalue weighted by molar-refractivity contribution is -0.130. The van der Waals surface area contributed by atoms with Gasteiger partial charge in [0.25, 0.3) is 5.91 Å². The van der Waals surface area contributed by atoms with E-state index in [4.69, 9.17) is 33.3 Å². The number of hydrogen-bond acceptors (Lipinski definition) is 18. The zero-order valence-corrected chi connectivity index (χ0v) is 35.1. The molecule has 1 aliphatic rings. The van der Waals surface area contributed by atoms with Gasteiger partial charge < -0.3 is 67.8 Å². The maximum Gasteiger partial charge on any atom is 0.280 e. The number of nitrogen functional groups attached to an aromatic ring is 1. The van der Waals surface area contributed by atoms with Crippen LogP contribution in [0.25, 0.3) is 0 Å². The van der Waals surface area contributed by atoms with Crippen LogP contribution < -0.4 is 27.4 Å². The lowest BCUT2D eigenvalue weighted by Crippen LogP contribution is -2.53. The Bertz CT molecular complexity index is 1690. The van der Waals surface area contributed by atoms with Crippen LogP contribution in [0, 0.1) is 6.92 Å². The second kappa shape index (κ2) is 26.1. The molecule has 2 aromatic rings. The van der Waals surface area contributed by atoms with E-state index in [1.807, 2.05) is 0 Å². The number of nitrogens with zero attached hydrogens (tertiary/aromatic N) is 4. The summed E-state index contributed by atoms with van der Waals surface area (Å²) in [7, 11) is 0. The number of anilines is 1. The first-order valence-corrected chi connectivity index (χ1v) is 20.8. The van der Waals surface area contributed by atoms with E-state index in [0.29, 0.717) is 44.5 Å². The van der Waals surface area contributed by atoms with Crippen LogP contribution in [0.5, 0.6) is 0 Å². The number of rotatable bonds is 27. The van der Waals surface area contributed by atoms with Crippen molar-refractivity contribution in [2.45, 2.75) is 120 Å². The van der Waals surface area contributed by atoms with Crippen LogP contribution >= 0.6 is 11.6 Å². The fourth-order valence-corrected chi connectivity index (χ4v) is 7.29. The molecule has 2 amide bonds. The van der Waals surface area contributed by atoms with Gasteiger partial charge in [-0.25, -0.2) is 9.97 Å². The number of amides is 2. The third-order valence-corrected chi connectivity index (χ3v) is 11.0. The van der Waals surface area contributed by atoms with Gasteiger partial charge in [-0.2, -0.15) is 0 Å². The molecule has 0 bridgehead atoms. The predicted octanol–water partition coefficient (Wildman–Crippen LogP) is -4.27. The van der Waals surface area contributed by atoms with Gasteiger partial charge in [-0.3, -0.25) is 30.1 Å². The smallest absolute Gasteiger partial charge is 0.280 e. The lowest BCUT2D eigenvalue weighted by atomic mass is 9.83. The summed E-state index contributed by atoms with van der Waals surface area (Å²) in [6.45, 7) is -0.0916. The third kappa shape index (κ3) is 15.9. The molecule has 1 aliphatic carbocycles. The summed E-state index contributed by atoms with van der Waals surface area (Å²) in [6, 6.07) is 4.18. The Labute approximate surface area is 359 Å². The van der Waals surface area contributed by atoms with E-state index in [1.165, 1.54) is 21.6 Å². The van der Waals surface area contributed by atoms with Gasteiger partial charge in [-0.1, -0.05) is 23.7 Å². The number of carbonyl (C=O) groups excluding carboxylic acids is 2. The van der Waals surface area contributed by atoms with E-state index in [9.17, 15) is 50.4 Å². The molecule has 1 aromatic carbocycles. The quantitative estimate of drug-likeness (QED) is 0.0133. The summed E-state index contributed by atoms with van der Waals surface area (Å²) >= 11 is 5.98. The zero-order chi connectivity index (χ0) is 45.2. The highest BCUT2D eigenvalue weighted by Crippen LogP contribution is 2.29. The SMILES string of the molecule is Cc1nc(N)c(C(=O)NC(N)=NCCCCc2ccc(C[C@@H](NC=O)NCCCN(C[C@H](O)[C@@H](O)[C@H](O)[C@H](O)CO)C[C@H](O)[C@@H](O)[C@H](O)[C@H](O)CO)c3c2CCCC3)nc1Cl. The first-order chi connectivity index (χ1) is 29.0. The van der Waals surface area contributed by atoms with Crippen molar-refractivity contribution in [1.29, 1.82) is 0 Å². The minimum Gasteiger partial charge on any atom is -0.394 e. The van der Waals surface area contributed by atoms with Crippen molar-refractivity contribution in [3.05, 3.63) is 50.9 Å². The highest BCUT2D eigenvalue weighted by Gasteiger charge is 2.34. The van der Waals surface area contributed by atoms with E-state index in [1.54, 1.807) is 6.92 Å². The van der Waals surface area contributed by atoms with Gasteiger partial charge in [0.15, 0.2) is 22.6 Å². The average Bonchev–Trinajstić information content (AvgIpc) is 3.24. The Kier molecular flexibility index (Phi) is 22.1. The first-order valence-electron chi connectivity index (χ1n) is 20.4. The van der Waals surface area contributed by atoms with Crippen LogP contribution in [-0.2, 0) is 30.5 Å².